The van der Waals surface area contributed by atoms with E-state index in [4.69, 9.17) is 0 Å². The zero-order chi connectivity index (χ0) is 16.0. The van der Waals surface area contributed by atoms with Crippen LogP contribution in [0.2, 0.25) is 0 Å². The minimum Gasteiger partial charge on any atom is -0.267 e. The molecule has 3 nitrogen and oxygen atoms in total. The fourth-order valence-corrected chi connectivity index (χ4v) is 5.13. The molecule has 3 rings (SSSR count). The average molecular weight is 318 g/mol. The van der Waals surface area contributed by atoms with Gasteiger partial charge in [0.05, 0.1) is 5.56 Å². The zero-order valence-corrected chi connectivity index (χ0v) is 14.8. The van der Waals surface area contributed by atoms with Gasteiger partial charge < -0.3 is 0 Å². The number of thiophene rings is 1. The van der Waals surface area contributed by atoms with Crippen LogP contribution in [0.15, 0.2) is 16.5 Å². The SMILES string of the molecule is CCCc1cc(C(=O)N/N=C2\CC3CCC2(C)C3(C)C)cs1. The van der Waals surface area contributed by atoms with Crippen LogP contribution in [0.5, 0.6) is 0 Å². The number of carbonyl (C=O) groups excluding carboxylic acids is 1. The third kappa shape index (κ3) is 2.32. The second kappa shape index (κ2) is 5.48. The van der Waals surface area contributed by atoms with Crippen molar-refractivity contribution >= 4 is 23.0 Å². The molecule has 2 saturated carbocycles. The Morgan fingerprint density at radius 1 is 1.45 bits per heavy atom. The highest BCUT2D eigenvalue weighted by Crippen LogP contribution is 2.63. The molecular formula is C18H26N2OS. The quantitative estimate of drug-likeness (QED) is 0.808. The Labute approximate surface area is 137 Å². The number of aryl methyl sites for hydroxylation is 1. The molecule has 0 spiro atoms. The number of hydrogen-bond acceptors (Lipinski definition) is 3. The summed E-state index contributed by atoms with van der Waals surface area (Å²) in [6.07, 6.45) is 5.67. The van der Waals surface area contributed by atoms with Crippen LogP contribution in [0.3, 0.4) is 0 Å². The summed E-state index contributed by atoms with van der Waals surface area (Å²) in [5.41, 5.74) is 5.17. The van der Waals surface area contributed by atoms with E-state index < -0.39 is 0 Å². The molecule has 0 saturated heterocycles. The van der Waals surface area contributed by atoms with Crippen molar-refractivity contribution < 1.29 is 4.79 Å². The number of nitrogens with one attached hydrogen (secondary N) is 1. The Balaban J connectivity index is 1.70. The van der Waals surface area contributed by atoms with Gasteiger partial charge in [0.2, 0.25) is 0 Å². The summed E-state index contributed by atoms with van der Waals surface area (Å²) in [5, 5.41) is 6.46. The maximum absolute atomic E-state index is 12.3. The highest BCUT2D eigenvalue weighted by Gasteiger charge is 2.59. The molecule has 2 unspecified atom stereocenters. The Kier molecular flexibility index (Phi) is 3.92. The molecule has 1 aromatic rings. The van der Waals surface area contributed by atoms with Gasteiger partial charge in [-0.25, -0.2) is 5.43 Å². The monoisotopic (exact) mass is 318 g/mol. The van der Waals surface area contributed by atoms with Crippen LogP contribution < -0.4 is 5.43 Å². The van der Waals surface area contributed by atoms with Crippen molar-refractivity contribution in [3.05, 3.63) is 21.9 Å². The zero-order valence-electron chi connectivity index (χ0n) is 14.0. The molecule has 4 heteroatoms. The van der Waals surface area contributed by atoms with Crippen molar-refractivity contribution in [1.29, 1.82) is 0 Å². The van der Waals surface area contributed by atoms with Crippen LogP contribution in [0.25, 0.3) is 0 Å². The molecule has 2 fully saturated rings. The molecule has 2 aliphatic rings. The summed E-state index contributed by atoms with van der Waals surface area (Å²) >= 11 is 1.66. The fourth-order valence-electron chi connectivity index (χ4n) is 4.16. The number of rotatable bonds is 4. The van der Waals surface area contributed by atoms with E-state index in [1.54, 1.807) is 11.3 Å². The molecule has 1 amide bonds. The number of carbonyl (C=O) groups is 1. The lowest BCUT2D eigenvalue weighted by Crippen LogP contribution is -2.34. The van der Waals surface area contributed by atoms with E-state index in [0.29, 0.717) is 11.3 Å². The molecule has 1 heterocycles. The molecule has 120 valence electrons. The molecule has 0 aromatic carbocycles. The summed E-state index contributed by atoms with van der Waals surface area (Å²) in [7, 11) is 0. The standard InChI is InChI=1S/C18H26N2OS/c1-5-6-14-9-12(11-22-14)16(21)20-19-15-10-13-7-8-18(15,4)17(13,2)3/h9,11,13H,5-8,10H2,1-4H3,(H,20,21)/b19-15+. The second-order valence-electron chi connectivity index (χ2n) is 7.54. The predicted octanol–water partition coefficient (Wildman–Crippen LogP) is 4.63. The number of hydrazone groups is 1. The van der Waals surface area contributed by atoms with E-state index in [9.17, 15) is 4.79 Å². The Hall–Kier alpha value is -1.16. The molecule has 0 radical (unpaired) electrons. The van der Waals surface area contributed by atoms with E-state index in [2.05, 4.69) is 38.2 Å². The first kappa shape index (κ1) is 15.7. The van der Waals surface area contributed by atoms with Gasteiger partial charge in [-0.05, 0) is 43.1 Å². The summed E-state index contributed by atoms with van der Waals surface area (Å²) in [6.45, 7) is 9.17. The van der Waals surface area contributed by atoms with Gasteiger partial charge in [-0.1, -0.05) is 34.1 Å². The molecule has 0 aliphatic heterocycles. The molecule has 22 heavy (non-hydrogen) atoms. The Morgan fingerprint density at radius 2 is 2.23 bits per heavy atom. The van der Waals surface area contributed by atoms with Crippen molar-refractivity contribution in [2.24, 2.45) is 21.8 Å². The largest absolute Gasteiger partial charge is 0.272 e. The smallest absolute Gasteiger partial charge is 0.267 e. The van der Waals surface area contributed by atoms with Crippen LogP contribution in [-0.2, 0) is 6.42 Å². The van der Waals surface area contributed by atoms with Gasteiger partial charge in [-0.3, -0.25) is 4.79 Å². The molecule has 1 N–H and O–H groups in total. The molecule has 2 atom stereocenters. The third-order valence-corrected chi connectivity index (χ3v) is 7.21. The lowest BCUT2D eigenvalue weighted by molar-refractivity contribution is 0.0954. The van der Waals surface area contributed by atoms with E-state index in [0.717, 1.165) is 24.8 Å². The summed E-state index contributed by atoms with van der Waals surface area (Å²) in [5.74, 6) is 0.640. The Morgan fingerprint density at radius 3 is 2.82 bits per heavy atom. The van der Waals surface area contributed by atoms with Crippen LogP contribution in [-0.4, -0.2) is 11.6 Å². The van der Waals surface area contributed by atoms with Crippen LogP contribution in [0.4, 0.5) is 0 Å². The van der Waals surface area contributed by atoms with E-state index >= 15 is 0 Å². The van der Waals surface area contributed by atoms with Crippen molar-refractivity contribution in [3.8, 4) is 0 Å². The Bertz CT molecular complexity index is 616. The van der Waals surface area contributed by atoms with Crippen LogP contribution in [0.1, 0.15) is 68.6 Å². The van der Waals surface area contributed by atoms with Crippen molar-refractivity contribution in [1.82, 2.24) is 5.43 Å². The summed E-state index contributed by atoms with van der Waals surface area (Å²) < 4.78 is 0. The molecule has 2 aliphatic carbocycles. The van der Waals surface area contributed by atoms with Gasteiger partial charge in [0, 0.05) is 21.4 Å². The van der Waals surface area contributed by atoms with Crippen molar-refractivity contribution in [2.45, 2.75) is 59.8 Å². The minimum atomic E-state index is -0.0738. The first-order chi connectivity index (χ1) is 10.4. The van der Waals surface area contributed by atoms with Gasteiger partial charge in [0.25, 0.3) is 5.91 Å². The molecule has 1 aromatic heterocycles. The topological polar surface area (TPSA) is 41.5 Å². The lowest BCUT2D eigenvalue weighted by atomic mass is 9.70. The first-order valence-electron chi connectivity index (χ1n) is 8.33. The van der Waals surface area contributed by atoms with E-state index in [1.807, 2.05) is 11.4 Å². The van der Waals surface area contributed by atoms with E-state index in [1.165, 1.54) is 23.4 Å². The van der Waals surface area contributed by atoms with Crippen molar-refractivity contribution in [2.75, 3.05) is 0 Å². The van der Waals surface area contributed by atoms with Crippen molar-refractivity contribution in [3.63, 3.8) is 0 Å². The summed E-state index contributed by atoms with van der Waals surface area (Å²) in [4.78, 5) is 13.6. The number of fused-ring (bicyclic) bond motifs is 2. The van der Waals surface area contributed by atoms with Crippen LogP contribution >= 0.6 is 11.3 Å². The predicted molar refractivity (Wildman–Crippen MR) is 92.4 cm³/mol. The maximum Gasteiger partial charge on any atom is 0.272 e. The summed E-state index contributed by atoms with van der Waals surface area (Å²) in [6, 6.07) is 2.00. The normalized spacial score (nSPS) is 30.9. The third-order valence-electron chi connectivity index (χ3n) is 6.22. The molecule has 2 bridgehead atoms. The number of amides is 1. The van der Waals surface area contributed by atoms with Gasteiger partial charge in [-0.15, -0.1) is 11.3 Å². The van der Waals surface area contributed by atoms with Gasteiger partial charge >= 0.3 is 0 Å². The van der Waals surface area contributed by atoms with Gasteiger partial charge in [0.1, 0.15) is 0 Å². The highest BCUT2D eigenvalue weighted by molar-refractivity contribution is 7.10. The fraction of sp³-hybridized carbons (Fsp3) is 0.667. The highest BCUT2D eigenvalue weighted by atomic mass is 32.1. The van der Waals surface area contributed by atoms with Crippen LogP contribution in [0, 0.1) is 16.7 Å². The number of hydrogen-bond donors (Lipinski definition) is 1. The minimum absolute atomic E-state index is 0.0738. The average Bonchev–Trinajstić information content (AvgIpc) is 3.07. The molecular weight excluding hydrogens is 292 g/mol. The number of nitrogens with zero attached hydrogens (tertiary/aromatic N) is 1. The van der Waals surface area contributed by atoms with Gasteiger partial charge in [-0.2, -0.15) is 5.10 Å². The lowest BCUT2D eigenvalue weighted by Gasteiger charge is -2.34. The van der Waals surface area contributed by atoms with Gasteiger partial charge in [0.15, 0.2) is 0 Å². The van der Waals surface area contributed by atoms with E-state index in [-0.39, 0.29) is 11.3 Å². The second-order valence-corrected chi connectivity index (χ2v) is 8.54. The maximum atomic E-state index is 12.3. The first-order valence-corrected chi connectivity index (χ1v) is 9.21.